The minimum absolute atomic E-state index is 0.642. The second-order valence-electron chi connectivity index (χ2n) is 7.75. The van der Waals surface area contributed by atoms with Gasteiger partial charge in [0.2, 0.25) is 0 Å². The number of likely N-dealkylation sites (tertiary alicyclic amines) is 1. The highest BCUT2D eigenvalue weighted by molar-refractivity contribution is 7.15. The first-order valence-electron chi connectivity index (χ1n) is 10.4. The summed E-state index contributed by atoms with van der Waals surface area (Å²) >= 11 is 1.89. The lowest BCUT2D eigenvalue weighted by molar-refractivity contribution is 0.0923. The molecule has 0 spiro atoms. The van der Waals surface area contributed by atoms with Crippen LogP contribution in [0.3, 0.4) is 0 Å². The lowest BCUT2D eigenvalue weighted by Gasteiger charge is -2.39. The third kappa shape index (κ3) is 4.86. The first kappa shape index (κ1) is 18.8. The number of rotatable bonds is 7. The average Bonchev–Trinajstić information content (AvgIpc) is 3.39. The van der Waals surface area contributed by atoms with Gasteiger partial charge in [0.05, 0.1) is 0 Å². The second kappa shape index (κ2) is 9.13. The molecule has 0 N–H and O–H groups in total. The topological polar surface area (TPSA) is 35.5 Å². The predicted octanol–water partition coefficient (Wildman–Crippen LogP) is 3.62. The SMILES string of the molecule is CCN(Cc1ccncc1)[C@@H]1CCCN(Cc2cnc(N3CCCC3)s2)C1. The molecule has 2 aliphatic rings. The molecule has 0 bridgehead atoms. The predicted molar refractivity (Wildman–Crippen MR) is 112 cm³/mol. The number of likely N-dealkylation sites (N-methyl/N-ethyl adjacent to an activating group) is 1. The molecule has 0 aromatic carbocycles. The van der Waals surface area contributed by atoms with Crippen LogP contribution in [-0.4, -0.2) is 58.5 Å². The minimum atomic E-state index is 0.642. The van der Waals surface area contributed by atoms with E-state index in [1.165, 1.54) is 60.9 Å². The first-order chi connectivity index (χ1) is 13.3. The van der Waals surface area contributed by atoms with Crippen LogP contribution in [0, 0.1) is 0 Å². The van der Waals surface area contributed by atoms with Crippen LogP contribution >= 0.6 is 11.3 Å². The molecule has 2 aliphatic heterocycles. The number of aromatic nitrogens is 2. The van der Waals surface area contributed by atoms with Gasteiger partial charge in [0.25, 0.3) is 0 Å². The summed E-state index contributed by atoms with van der Waals surface area (Å²) in [4.78, 5) is 18.0. The first-order valence-corrected chi connectivity index (χ1v) is 11.2. The van der Waals surface area contributed by atoms with Gasteiger partial charge < -0.3 is 4.90 Å². The Morgan fingerprint density at radius 2 is 1.96 bits per heavy atom. The van der Waals surface area contributed by atoms with Crippen LogP contribution in [0.1, 0.15) is 43.0 Å². The second-order valence-corrected chi connectivity index (χ2v) is 8.85. The van der Waals surface area contributed by atoms with Crippen molar-refractivity contribution in [3.63, 3.8) is 0 Å². The molecule has 2 saturated heterocycles. The molecule has 5 nitrogen and oxygen atoms in total. The number of anilines is 1. The van der Waals surface area contributed by atoms with E-state index >= 15 is 0 Å². The average molecular weight is 386 g/mol. The molecule has 27 heavy (non-hydrogen) atoms. The van der Waals surface area contributed by atoms with Crippen molar-refractivity contribution in [2.45, 2.75) is 51.7 Å². The van der Waals surface area contributed by atoms with Crippen molar-refractivity contribution in [1.82, 2.24) is 19.8 Å². The van der Waals surface area contributed by atoms with Gasteiger partial charge >= 0.3 is 0 Å². The largest absolute Gasteiger partial charge is 0.348 e. The molecular weight excluding hydrogens is 354 g/mol. The number of pyridine rings is 1. The van der Waals surface area contributed by atoms with Crippen LogP contribution in [-0.2, 0) is 13.1 Å². The molecule has 1 atom stereocenters. The molecule has 2 aromatic heterocycles. The Balaban J connectivity index is 1.34. The van der Waals surface area contributed by atoms with Gasteiger partial charge in [0, 0.05) is 62.2 Å². The Morgan fingerprint density at radius 1 is 1.15 bits per heavy atom. The van der Waals surface area contributed by atoms with Crippen molar-refractivity contribution < 1.29 is 0 Å². The third-order valence-electron chi connectivity index (χ3n) is 5.84. The maximum absolute atomic E-state index is 4.69. The standard InChI is InChI=1S/C21H31N5S/c1-2-25(15-18-7-9-22-10-8-18)19-6-5-11-24(16-19)17-20-14-23-21(27-20)26-12-3-4-13-26/h7-10,14,19H,2-6,11-13,15-17H2,1H3/t19-/m1/s1. The van der Waals surface area contributed by atoms with Crippen molar-refractivity contribution in [2.24, 2.45) is 0 Å². The normalized spacial score (nSPS) is 21.3. The summed E-state index contributed by atoms with van der Waals surface area (Å²) in [7, 11) is 0. The fourth-order valence-corrected chi connectivity index (χ4v) is 5.34. The van der Waals surface area contributed by atoms with E-state index < -0.39 is 0 Å². The van der Waals surface area contributed by atoms with Gasteiger partial charge in [0.15, 0.2) is 5.13 Å². The van der Waals surface area contributed by atoms with Gasteiger partial charge in [-0.05, 0) is 56.5 Å². The highest BCUT2D eigenvalue weighted by Gasteiger charge is 2.25. The lowest BCUT2D eigenvalue weighted by Crippen LogP contribution is -2.47. The summed E-state index contributed by atoms with van der Waals surface area (Å²) < 4.78 is 0. The molecule has 0 aliphatic carbocycles. The van der Waals surface area contributed by atoms with E-state index in [9.17, 15) is 0 Å². The Kier molecular flexibility index (Phi) is 6.37. The molecule has 6 heteroatoms. The highest BCUT2D eigenvalue weighted by Crippen LogP contribution is 2.28. The van der Waals surface area contributed by atoms with Crippen molar-refractivity contribution in [1.29, 1.82) is 0 Å². The number of hydrogen-bond donors (Lipinski definition) is 0. The van der Waals surface area contributed by atoms with E-state index in [0.29, 0.717) is 6.04 Å². The molecule has 0 radical (unpaired) electrons. The van der Waals surface area contributed by atoms with Gasteiger partial charge in [0.1, 0.15) is 0 Å². The van der Waals surface area contributed by atoms with E-state index in [2.05, 4.69) is 44.9 Å². The van der Waals surface area contributed by atoms with Crippen LogP contribution in [0.25, 0.3) is 0 Å². The molecule has 2 fully saturated rings. The van der Waals surface area contributed by atoms with Gasteiger partial charge in [-0.1, -0.05) is 6.92 Å². The molecule has 2 aromatic rings. The van der Waals surface area contributed by atoms with Crippen molar-refractivity contribution in [3.05, 3.63) is 41.2 Å². The van der Waals surface area contributed by atoms with E-state index in [1.807, 2.05) is 23.7 Å². The Bertz CT molecular complexity index is 698. The smallest absolute Gasteiger partial charge is 0.185 e. The third-order valence-corrected chi connectivity index (χ3v) is 6.88. The van der Waals surface area contributed by atoms with E-state index in [-0.39, 0.29) is 0 Å². The fraction of sp³-hybridized carbons (Fsp3) is 0.619. The number of piperidine rings is 1. The molecule has 0 unspecified atom stereocenters. The van der Waals surface area contributed by atoms with Gasteiger partial charge in [-0.25, -0.2) is 4.98 Å². The molecule has 146 valence electrons. The summed E-state index contributed by atoms with van der Waals surface area (Å²) in [5.74, 6) is 0. The Hall–Kier alpha value is -1.50. The minimum Gasteiger partial charge on any atom is -0.348 e. The number of nitrogens with zero attached hydrogens (tertiary/aromatic N) is 5. The summed E-state index contributed by atoms with van der Waals surface area (Å²) in [5, 5.41) is 1.23. The van der Waals surface area contributed by atoms with Crippen LogP contribution in [0.15, 0.2) is 30.7 Å². The van der Waals surface area contributed by atoms with Crippen molar-refractivity contribution in [3.8, 4) is 0 Å². The molecule has 0 saturated carbocycles. The van der Waals surface area contributed by atoms with E-state index in [4.69, 9.17) is 4.98 Å². The highest BCUT2D eigenvalue weighted by atomic mass is 32.1. The van der Waals surface area contributed by atoms with Crippen LogP contribution < -0.4 is 4.90 Å². The van der Waals surface area contributed by atoms with Crippen LogP contribution in [0.5, 0.6) is 0 Å². The zero-order chi connectivity index (χ0) is 18.5. The lowest BCUT2D eigenvalue weighted by atomic mass is 10.0. The number of thiazole rings is 1. The van der Waals surface area contributed by atoms with Crippen LogP contribution in [0.4, 0.5) is 5.13 Å². The summed E-state index contributed by atoms with van der Waals surface area (Å²) in [6, 6.07) is 4.92. The molecule has 4 heterocycles. The monoisotopic (exact) mass is 385 g/mol. The Morgan fingerprint density at radius 3 is 2.74 bits per heavy atom. The maximum atomic E-state index is 4.69. The van der Waals surface area contributed by atoms with Crippen molar-refractivity contribution in [2.75, 3.05) is 37.6 Å². The zero-order valence-corrected chi connectivity index (χ0v) is 17.2. The zero-order valence-electron chi connectivity index (χ0n) is 16.4. The van der Waals surface area contributed by atoms with Crippen LogP contribution in [0.2, 0.25) is 0 Å². The van der Waals surface area contributed by atoms with E-state index in [0.717, 1.165) is 26.2 Å². The summed E-state index contributed by atoms with van der Waals surface area (Å²) in [6.45, 7) is 10.2. The van der Waals surface area contributed by atoms with Gasteiger partial charge in [-0.3, -0.25) is 14.8 Å². The number of hydrogen-bond acceptors (Lipinski definition) is 6. The molecular formula is C21H31N5S. The Labute approximate surface area is 167 Å². The molecule has 0 amide bonds. The quantitative estimate of drug-likeness (QED) is 0.727. The van der Waals surface area contributed by atoms with Gasteiger partial charge in [-0.2, -0.15) is 0 Å². The molecule has 4 rings (SSSR count). The fourth-order valence-electron chi connectivity index (χ4n) is 4.34. The summed E-state index contributed by atoms with van der Waals surface area (Å²) in [6.07, 6.45) is 11.1. The maximum Gasteiger partial charge on any atom is 0.185 e. The summed E-state index contributed by atoms with van der Waals surface area (Å²) in [5.41, 5.74) is 1.36. The van der Waals surface area contributed by atoms with Crippen molar-refractivity contribution >= 4 is 16.5 Å². The van der Waals surface area contributed by atoms with E-state index in [1.54, 1.807) is 0 Å². The van der Waals surface area contributed by atoms with Gasteiger partial charge in [-0.15, -0.1) is 11.3 Å².